The number of benzene rings is 1. The quantitative estimate of drug-likeness (QED) is 0.819. The van der Waals surface area contributed by atoms with E-state index < -0.39 is 0 Å². The van der Waals surface area contributed by atoms with Crippen molar-refractivity contribution in [3.05, 3.63) is 24.3 Å². The Kier molecular flexibility index (Phi) is 5.49. The van der Waals surface area contributed by atoms with E-state index in [4.69, 9.17) is 10.5 Å². The van der Waals surface area contributed by atoms with Crippen LogP contribution in [0.15, 0.2) is 24.3 Å². The molecule has 17 heavy (non-hydrogen) atoms. The average molecular weight is 236 g/mol. The maximum absolute atomic E-state index is 11.7. The van der Waals surface area contributed by atoms with Gasteiger partial charge in [0.05, 0.1) is 0 Å². The van der Waals surface area contributed by atoms with Crippen LogP contribution in [-0.2, 0) is 4.79 Å². The van der Waals surface area contributed by atoms with E-state index in [9.17, 15) is 4.79 Å². The Morgan fingerprint density at radius 2 is 2.24 bits per heavy atom. The molecule has 0 fully saturated rings. The summed E-state index contributed by atoms with van der Waals surface area (Å²) >= 11 is 0. The number of ether oxygens (including phenoxy) is 1. The molecule has 4 nitrogen and oxygen atoms in total. The van der Waals surface area contributed by atoms with Gasteiger partial charge in [0.25, 0.3) is 0 Å². The van der Waals surface area contributed by atoms with Crippen molar-refractivity contribution in [2.75, 3.05) is 25.1 Å². The van der Waals surface area contributed by atoms with Gasteiger partial charge in [-0.3, -0.25) is 4.79 Å². The lowest BCUT2D eigenvalue weighted by molar-refractivity contribution is -0.118. The third-order valence-corrected chi connectivity index (χ3v) is 2.43. The zero-order valence-electron chi connectivity index (χ0n) is 10.5. The van der Waals surface area contributed by atoms with E-state index in [1.165, 1.54) is 0 Å². The average Bonchev–Trinajstić information content (AvgIpc) is 2.36. The van der Waals surface area contributed by atoms with Crippen LogP contribution in [0.3, 0.4) is 0 Å². The Morgan fingerprint density at radius 1 is 1.47 bits per heavy atom. The molecule has 0 bridgehead atoms. The van der Waals surface area contributed by atoms with E-state index in [2.05, 4.69) is 0 Å². The van der Waals surface area contributed by atoms with Crippen molar-refractivity contribution in [1.29, 1.82) is 0 Å². The van der Waals surface area contributed by atoms with Crippen LogP contribution in [0.25, 0.3) is 0 Å². The second-order valence-corrected chi connectivity index (χ2v) is 3.84. The number of hydrogen-bond acceptors (Lipinski definition) is 3. The van der Waals surface area contributed by atoms with Crippen LogP contribution in [0, 0.1) is 0 Å². The summed E-state index contributed by atoms with van der Waals surface area (Å²) in [6, 6.07) is 7.47. The van der Waals surface area contributed by atoms with Gasteiger partial charge in [0.2, 0.25) is 5.91 Å². The van der Waals surface area contributed by atoms with Crippen molar-refractivity contribution in [3.63, 3.8) is 0 Å². The van der Waals surface area contributed by atoms with Crippen molar-refractivity contribution in [2.24, 2.45) is 5.73 Å². The van der Waals surface area contributed by atoms with Crippen molar-refractivity contribution < 1.29 is 9.53 Å². The van der Waals surface area contributed by atoms with Gasteiger partial charge in [0.15, 0.2) is 0 Å². The molecule has 0 aromatic heterocycles. The van der Waals surface area contributed by atoms with Gasteiger partial charge in [-0.25, -0.2) is 0 Å². The van der Waals surface area contributed by atoms with Gasteiger partial charge in [0.1, 0.15) is 12.4 Å². The van der Waals surface area contributed by atoms with Crippen LogP contribution in [0.5, 0.6) is 5.75 Å². The van der Waals surface area contributed by atoms with E-state index in [1.54, 1.807) is 11.9 Å². The summed E-state index contributed by atoms with van der Waals surface area (Å²) in [7, 11) is 1.78. The summed E-state index contributed by atoms with van der Waals surface area (Å²) in [5.74, 6) is 0.854. The minimum Gasteiger partial charge on any atom is -0.492 e. The molecule has 0 saturated carbocycles. The highest BCUT2D eigenvalue weighted by Crippen LogP contribution is 2.20. The molecule has 94 valence electrons. The normalized spacial score (nSPS) is 10.1. The molecule has 0 spiro atoms. The Bertz CT molecular complexity index is 366. The smallest absolute Gasteiger partial charge is 0.226 e. The fraction of sp³-hybridized carbons (Fsp3) is 0.462. The zero-order chi connectivity index (χ0) is 12.7. The molecular weight excluding hydrogens is 216 g/mol. The van der Waals surface area contributed by atoms with E-state index in [-0.39, 0.29) is 5.91 Å². The molecular formula is C13H20N2O2. The van der Waals surface area contributed by atoms with Crippen LogP contribution in [-0.4, -0.2) is 26.1 Å². The second kappa shape index (κ2) is 6.91. The highest BCUT2D eigenvalue weighted by molar-refractivity contribution is 5.92. The third kappa shape index (κ3) is 4.07. The first-order valence-corrected chi connectivity index (χ1v) is 5.88. The van der Waals surface area contributed by atoms with Crippen molar-refractivity contribution in [1.82, 2.24) is 0 Å². The lowest BCUT2D eigenvalue weighted by Gasteiger charge is -2.17. The first-order valence-electron chi connectivity index (χ1n) is 5.88. The predicted molar refractivity (Wildman–Crippen MR) is 69.3 cm³/mol. The highest BCUT2D eigenvalue weighted by Gasteiger charge is 2.10. The van der Waals surface area contributed by atoms with Gasteiger partial charge >= 0.3 is 0 Å². The standard InChI is InChI=1S/C13H20N2O2/c1-3-5-13(16)15(2)11-6-4-7-12(10-11)17-9-8-14/h4,6-7,10H,3,5,8-9,14H2,1-2H3. The number of rotatable bonds is 6. The Labute approximate surface area is 102 Å². The third-order valence-electron chi connectivity index (χ3n) is 2.43. The van der Waals surface area contributed by atoms with Gasteiger partial charge in [-0.15, -0.1) is 0 Å². The van der Waals surface area contributed by atoms with E-state index in [0.717, 1.165) is 17.9 Å². The Morgan fingerprint density at radius 3 is 2.88 bits per heavy atom. The van der Waals surface area contributed by atoms with E-state index in [0.29, 0.717) is 19.6 Å². The molecule has 0 aliphatic heterocycles. The molecule has 0 aliphatic carbocycles. The first kappa shape index (κ1) is 13.5. The number of carbonyl (C=O) groups is 1. The van der Waals surface area contributed by atoms with Crippen LogP contribution < -0.4 is 15.4 Å². The van der Waals surface area contributed by atoms with Crippen molar-refractivity contribution >= 4 is 11.6 Å². The summed E-state index contributed by atoms with van der Waals surface area (Å²) in [6.07, 6.45) is 1.41. The molecule has 1 rings (SSSR count). The highest BCUT2D eigenvalue weighted by atomic mass is 16.5. The summed E-state index contributed by atoms with van der Waals surface area (Å²) in [4.78, 5) is 13.4. The fourth-order valence-corrected chi connectivity index (χ4v) is 1.48. The molecule has 4 heteroatoms. The SMILES string of the molecule is CCCC(=O)N(C)c1cccc(OCCN)c1. The summed E-state index contributed by atoms with van der Waals surface area (Å²) in [5.41, 5.74) is 6.22. The number of amides is 1. The number of anilines is 1. The second-order valence-electron chi connectivity index (χ2n) is 3.84. The fourth-order valence-electron chi connectivity index (χ4n) is 1.48. The molecule has 1 amide bonds. The van der Waals surface area contributed by atoms with E-state index in [1.807, 2.05) is 31.2 Å². The molecule has 0 saturated heterocycles. The van der Waals surface area contributed by atoms with Crippen LogP contribution in [0.2, 0.25) is 0 Å². The number of nitrogens with zero attached hydrogens (tertiary/aromatic N) is 1. The van der Waals surface area contributed by atoms with Gasteiger partial charge < -0.3 is 15.4 Å². The topological polar surface area (TPSA) is 55.6 Å². The zero-order valence-corrected chi connectivity index (χ0v) is 10.5. The summed E-state index contributed by atoms with van der Waals surface area (Å²) < 4.78 is 5.42. The molecule has 0 heterocycles. The van der Waals surface area contributed by atoms with Gasteiger partial charge in [-0.05, 0) is 18.6 Å². The monoisotopic (exact) mass is 236 g/mol. The number of nitrogens with two attached hydrogens (primary N) is 1. The Hall–Kier alpha value is -1.55. The molecule has 0 atom stereocenters. The van der Waals surface area contributed by atoms with Crippen LogP contribution >= 0.6 is 0 Å². The van der Waals surface area contributed by atoms with Gasteiger partial charge in [-0.1, -0.05) is 13.0 Å². The predicted octanol–water partition coefficient (Wildman–Crippen LogP) is 1.79. The minimum absolute atomic E-state index is 0.114. The summed E-state index contributed by atoms with van der Waals surface area (Å²) in [6.45, 7) is 2.96. The maximum atomic E-state index is 11.7. The molecule has 0 unspecified atom stereocenters. The van der Waals surface area contributed by atoms with E-state index >= 15 is 0 Å². The molecule has 1 aromatic carbocycles. The first-order chi connectivity index (χ1) is 8.19. The minimum atomic E-state index is 0.114. The number of carbonyl (C=O) groups excluding carboxylic acids is 1. The maximum Gasteiger partial charge on any atom is 0.226 e. The Balaban J connectivity index is 2.72. The molecule has 1 aromatic rings. The van der Waals surface area contributed by atoms with Gasteiger partial charge in [0, 0.05) is 31.8 Å². The van der Waals surface area contributed by atoms with Gasteiger partial charge in [-0.2, -0.15) is 0 Å². The number of hydrogen-bond donors (Lipinski definition) is 1. The van der Waals surface area contributed by atoms with Crippen LogP contribution in [0.1, 0.15) is 19.8 Å². The van der Waals surface area contributed by atoms with Crippen molar-refractivity contribution in [3.8, 4) is 5.75 Å². The molecule has 0 aliphatic rings. The molecule has 0 radical (unpaired) electrons. The summed E-state index contributed by atoms with van der Waals surface area (Å²) in [5, 5.41) is 0. The lowest BCUT2D eigenvalue weighted by Crippen LogP contribution is -2.25. The largest absolute Gasteiger partial charge is 0.492 e. The van der Waals surface area contributed by atoms with Crippen molar-refractivity contribution in [2.45, 2.75) is 19.8 Å². The lowest BCUT2D eigenvalue weighted by atomic mass is 10.2. The molecule has 2 N–H and O–H groups in total. The van der Waals surface area contributed by atoms with Crippen LogP contribution in [0.4, 0.5) is 5.69 Å².